The van der Waals surface area contributed by atoms with Crippen LogP contribution in [-0.4, -0.2) is 300 Å². The first-order valence-corrected chi connectivity index (χ1v) is 48.4. The summed E-state index contributed by atoms with van der Waals surface area (Å²) in [4.78, 5) is 130. The number of fused-ring (bicyclic) bond motifs is 13. The molecule has 1 amide bonds. The fourth-order valence-corrected chi connectivity index (χ4v) is 27.5. The molecule has 7 heterocycles. The number of aromatic amines is 1. The van der Waals surface area contributed by atoms with Crippen LogP contribution in [-0.2, 0) is 74.1 Å². The van der Waals surface area contributed by atoms with Crippen molar-refractivity contribution in [3.8, 4) is 17.2 Å². The lowest BCUT2D eigenvalue weighted by Crippen LogP contribution is -2.81. The largest absolute Gasteiger partial charge is 0.507 e. The first-order chi connectivity index (χ1) is 63.2. The summed E-state index contributed by atoms with van der Waals surface area (Å²) in [6, 6.07) is 15.7. The molecule has 33 nitrogen and oxygen atoms in total. The van der Waals surface area contributed by atoms with Gasteiger partial charge in [0.2, 0.25) is 23.6 Å². The number of ether oxygens (including phenoxy) is 4. The number of methoxy groups -OCH3 is 3. The Kier molecular flexibility index (Phi) is 29.9. The van der Waals surface area contributed by atoms with Crippen molar-refractivity contribution in [3.05, 3.63) is 141 Å². The molecule has 1 aromatic heterocycles. The lowest BCUT2D eigenvalue weighted by Gasteiger charge is -2.63. The monoisotopic (exact) mass is 1890 g/mol. The molecule has 4 saturated carbocycles. The van der Waals surface area contributed by atoms with Crippen LogP contribution in [0.4, 0.5) is 17.1 Å². The zero-order valence-corrected chi connectivity index (χ0v) is 78.5. The van der Waals surface area contributed by atoms with Gasteiger partial charge in [0.1, 0.15) is 40.7 Å². The van der Waals surface area contributed by atoms with Crippen molar-refractivity contribution in [1.82, 2.24) is 35.2 Å². The Bertz CT molecular complexity index is 5330. The van der Waals surface area contributed by atoms with E-state index in [1.165, 1.54) is 45.3 Å². The lowest BCUT2D eigenvalue weighted by molar-refractivity contribution is -0.228. The Morgan fingerprint density at radius 2 is 1.42 bits per heavy atom. The van der Waals surface area contributed by atoms with Gasteiger partial charge in [0.15, 0.2) is 17.7 Å². The van der Waals surface area contributed by atoms with Crippen LogP contribution in [0.1, 0.15) is 159 Å². The molecule has 1 spiro atoms. The standard InChI is InChI=1S/C46H56N4O10.C22H28N4O6.C21H26O5.C7H15Cl2N2O2P/c1-7-42(55)22-28-23-45(40(53)58-5,36-30(14-18-48(24-28)25-42)29-12-9-10-13-33(29)47-36)32-20-31-34(21-35(32)57-4)50(26-51)38-44(31)16-19-49-17-11-15-43(8-2,37(44)49)39(60-27(3)52)46(38,56)41(54)59-6;27-11-9-23-5-7-25-13-1-2-14(26-8-6-24-10-12-28)18-17(13)21(31)19-15(29)3-4-16(30)20(19)22(18)32;1-19-7-5-13(23)9-12(19)3-4-14-15-6-8-21(26,17(25)11-22)20(15,2)10-16(24)18(14)19;8-2-5-11(6-3-9)14(12)10-4-1-7-13-14/h9-13,15,20-21,26,28,37-39,47,55-56H,7-8,14,16-19,22-25H2,1-6H3;1-4,23-30H,5-12H2;5,7,9,14-15,18,22,26H,3-4,6,8,10-11H2,1-2H3;1-7H2,(H,10,12)/t28-,37+,38-,39-,42+,43-,44-,45+,46+;;14-,15-,18+,19-,20-,21-;/m1.0./s1. The third kappa shape index (κ3) is 16.9. The predicted octanol–water partition coefficient (Wildman–Crippen LogP) is 7.03. The second-order valence-electron chi connectivity index (χ2n) is 37.3. The Morgan fingerprint density at radius 1 is 0.765 bits per heavy atom. The van der Waals surface area contributed by atoms with Gasteiger partial charge < -0.3 is 95.5 Å². The quantitative estimate of drug-likeness (QED) is 0.00359. The topological polar surface area (TPSA) is 468 Å². The molecular weight excluding hydrogens is 1760 g/mol. The minimum Gasteiger partial charge on any atom is -0.507 e. The molecule has 2 unspecified atom stereocenters. The number of aliphatic hydroxyl groups excluding tert-OH is 3. The van der Waals surface area contributed by atoms with Crippen molar-refractivity contribution in [3.63, 3.8) is 0 Å². The van der Waals surface area contributed by atoms with E-state index in [9.17, 15) is 73.6 Å². The molecule has 17 atom stereocenters. The van der Waals surface area contributed by atoms with E-state index in [1.807, 2.05) is 70.2 Å². The number of H-pyrrole nitrogens is 1. The van der Waals surface area contributed by atoms with E-state index >= 15 is 4.79 Å². The third-order valence-electron chi connectivity index (χ3n) is 30.6. The fourth-order valence-electron chi connectivity index (χ4n) is 24.9. The SMILES string of the molecule is CC[C@]1(O)C[C@H]2CN(CCc3c([nH]c4ccccc34)[C@@](C(=O)OC)(c3cc4c(cc3OC)N(C=O)[C@H]3[C@@](O)(C(=O)OC)[C@H](OC(C)=O)[C@]5(CC)C=CCN6CC[C@]43[C@@H]65)C2)C1.C[C@]12C=CC(=O)C=C1CC[C@@H]1[C@@H]2C(=O)C[C@@]2(C)[C@H]1CC[C@]2(O)C(=O)CO.O=C1c2c(O)ccc(O)c2C(=O)c2c(NCCNCCO)ccc(NCCNCCO)c21.O=P1(N(CCCl)CCCl)NCCCO1. The van der Waals surface area contributed by atoms with Gasteiger partial charge in [-0.3, -0.25) is 52.7 Å². The normalized spacial score (nSPS) is 31.9. The van der Waals surface area contributed by atoms with Gasteiger partial charge in [0, 0.05) is 183 Å². The number of anilines is 3. The van der Waals surface area contributed by atoms with Crippen LogP contribution < -0.4 is 36.0 Å². The van der Waals surface area contributed by atoms with Gasteiger partial charge in [-0.2, -0.15) is 0 Å². The number of aromatic hydroxyl groups is 2. The van der Waals surface area contributed by atoms with Crippen LogP contribution in [0, 0.1) is 39.9 Å². The number of rotatable bonds is 27. The number of benzene rings is 4. The van der Waals surface area contributed by atoms with Crippen LogP contribution in [0.15, 0.2) is 96.6 Å². The van der Waals surface area contributed by atoms with Crippen molar-refractivity contribution in [2.24, 2.45) is 39.9 Å². The smallest absolute Gasteiger partial charge is 0.344 e. The average molecular weight is 1890 g/mol. The van der Waals surface area contributed by atoms with Crippen molar-refractivity contribution in [1.29, 1.82) is 0 Å². The number of carbonyl (C=O) groups is 9. The molecule has 12 aliphatic rings. The molecule has 36 heteroatoms. The van der Waals surface area contributed by atoms with E-state index in [-0.39, 0.29) is 95.0 Å². The summed E-state index contributed by atoms with van der Waals surface area (Å²) >= 11 is 11.2. The number of nitrogens with zero attached hydrogens (tertiary/aromatic N) is 4. The third-order valence-corrected chi connectivity index (χ3v) is 33.2. The summed E-state index contributed by atoms with van der Waals surface area (Å²) in [7, 11) is 1.25. The van der Waals surface area contributed by atoms with Gasteiger partial charge in [-0.25, -0.2) is 14.6 Å². The van der Waals surface area contributed by atoms with Gasteiger partial charge in [-0.15, -0.1) is 23.2 Å². The van der Waals surface area contributed by atoms with E-state index in [2.05, 4.69) is 47.2 Å². The number of Topliss-reactive ketones (excluding diaryl/α,β-unsaturated/α-hetero) is 2. The summed E-state index contributed by atoms with van der Waals surface area (Å²) in [6.45, 7) is 16.5. The maximum atomic E-state index is 15.3. The number of aliphatic hydroxyl groups is 6. The summed E-state index contributed by atoms with van der Waals surface area (Å²) in [5.74, 6) is -3.67. The Balaban J connectivity index is 0.000000162. The molecule has 3 saturated heterocycles. The highest BCUT2D eigenvalue weighted by Gasteiger charge is 2.81. The Morgan fingerprint density at radius 3 is 2.01 bits per heavy atom. The molecule has 7 fully saturated rings. The molecule has 6 aliphatic carbocycles. The maximum absolute atomic E-state index is 15.3. The number of phenols is 2. The molecule has 132 heavy (non-hydrogen) atoms. The number of piperidine rings is 1. The number of nitrogens with one attached hydrogen (secondary N) is 6. The number of esters is 3. The van der Waals surface area contributed by atoms with Crippen molar-refractivity contribution in [2.75, 3.05) is 167 Å². The number of amides is 1. The molecule has 14 N–H and O–H groups in total. The zero-order valence-electron chi connectivity index (χ0n) is 76.1. The summed E-state index contributed by atoms with van der Waals surface area (Å²) < 4.78 is 42.9. The highest BCUT2D eigenvalue weighted by molar-refractivity contribution is 7.54. The van der Waals surface area contributed by atoms with Crippen molar-refractivity contribution in [2.45, 2.75) is 157 Å². The first-order valence-electron chi connectivity index (χ1n) is 45.8. The van der Waals surface area contributed by atoms with Crippen LogP contribution >= 0.6 is 30.9 Å². The van der Waals surface area contributed by atoms with Crippen molar-refractivity contribution < 1.29 is 112 Å². The van der Waals surface area contributed by atoms with Gasteiger partial charge in [-0.1, -0.05) is 69.7 Å². The second kappa shape index (κ2) is 39.8. The van der Waals surface area contributed by atoms with E-state index in [4.69, 9.17) is 56.9 Å². The van der Waals surface area contributed by atoms with E-state index in [1.54, 1.807) is 35.0 Å². The predicted molar refractivity (Wildman–Crippen MR) is 494 cm³/mol. The molecule has 0 radical (unpaired) electrons. The molecule has 17 rings (SSSR count). The molecule has 4 aromatic carbocycles. The van der Waals surface area contributed by atoms with Gasteiger partial charge in [-0.05, 0) is 155 Å². The number of halogens is 2. The van der Waals surface area contributed by atoms with E-state index in [0.717, 1.165) is 47.8 Å². The van der Waals surface area contributed by atoms with Crippen LogP contribution in [0.5, 0.6) is 17.2 Å². The second-order valence-corrected chi connectivity index (χ2v) is 40.2. The van der Waals surface area contributed by atoms with Gasteiger partial charge >= 0.3 is 25.6 Å². The van der Waals surface area contributed by atoms with E-state index in [0.29, 0.717) is 194 Å². The minimum absolute atomic E-state index is 0.00939. The molecule has 6 aliphatic heterocycles. The number of phenolic OH excluding ortho intramolecular Hbond substituents is 2. The van der Waals surface area contributed by atoms with Crippen molar-refractivity contribution >= 4 is 112 Å². The zero-order chi connectivity index (χ0) is 95.0. The van der Waals surface area contributed by atoms with E-state index < -0.39 is 112 Å². The van der Waals surface area contributed by atoms with Crippen LogP contribution in [0.2, 0.25) is 0 Å². The number of hydrogen-bond acceptors (Lipinski definition) is 29. The number of allylic oxidation sites excluding steroid dienone is 4. The lowest BCUT2D eigenvalue weighted by atomic mass is 9.46. The number of carbonyl (C=O) groups excluding carboxylic acids is 9. The fraction of sp³-hybridized carbons (Fsp3) is 0.573. The maximum Gasteiger partial charge on any atom is 0.344 e. The average Bonchev–Trinajstić information content (AvgIpc) is 1.47. The number of alkyl halides is 2. The number of para-hydroxylation sites is 1. The van der Waals surface area contributed by atoms with Crippen LogP contribution in [0.3, 0.4) is 0 Å². The summed E-state index contributed by atoms with van der Waals surface area (Å²) in [5, 5.41) is 100. The number of aromatic nitrogens is 1. The Labute approximate surface area is 777 Å². The Hall–Kier alpha value is -8.84. The van der Waals surface area contributed by atoms with Gasteiger partial charge in [0.05, 0.1) is 80.7 Å². The van der Waals surface area contributed by atoms with Crippen LogP contribution in [0.25, 0.3) is 10.9 Å². The summed E-state index contributed by atoms with van der Waals surface area (Å²) in [5.41, 5.74) is -4.33. The number of ketones is 5. The highest BCUT2D eigenvalue weighted by atomic mass is 35.5. The summed E-state index contributed by atoms with van der Waals surface area (Å²) in [6.07, 6.45) is 14.5. The number of hydrogen-bond donors (Lipinski definition) is 14. The molecule has 2 bridgehead atoms. The first kappa shape index (κ1) is 99.1. The molecule has 5 aromatic rings. The minimum atomic E-state index is -2.84. The highest BCUT2D eigenvalue weighted by Crippen LogP contribution is 2.70. The molecular formula is C96H125Cl2N10O23P. The molecule has 716 valence electrons. The van der Waals surface area contributed by atoms with Gasteiger partial charge in [0.25, 0.3) is 0 Å².